The summed E-state index contributed by atoms with van der Waals surface area (Å²) < 4.78 is 84.5. The van der Waals surface area contributed by atoms with Crippen LogP contribution >= 0.6 is 0 Å². The van der Waals surface area contributed by atoms with Crippen LogP contribution in [-0.2, 0) is 105 Å². The number of rotatable bonds is 84. The van der Waals surface area contributed by atoms with Gasteiger partial charge in [-0.25, -0.2) is 0 Å². The van der Waals surface area contributed by atoms with E-state index in [9.17, 15) is 14.4 Å². The molecule has 0 bridgehead atoms. The normalized spacial score (nSPS) is 20.2. The number of esters is 3. The Morgan fingerprint density at radius 2 is 0.793 bits per heavy atom. The van der Waals surface area contributed by atoms with Crippen molar-refractivity contribution in [3.63, 3.8) is 0 Å². The third kappa shape index (κ3) is 53.7. The van der Waals surface area contributed by atoms with E-state index < -0.39 is 112 Å². The highest BCUT2D eigenvalue weighted by Gasteiger charge is 2.56. The largest absolute Gasteiger partial charge is 0.462 e. The lowest BCUT2D eigenvalue weighted by Gasteiger charge is -2.50. The highest BCUT2D eigenvalue weighted by Crippen LogP contribution is 2.39. The van der Waals surface area contributed by atoms with Crippen LogP contribution in [0, 0.1) is 11.8 Å². The monoisotopic (exact) mass is 1970 g/mol. The summed E-state index contributed by atoms with van der Waals surface area (Å²) >= 11 is 0. The van der Waals surface area contributed by atoms with Gasteiger partial charge in [-0.05, 0) is 80.3 Å². The fraction of sp³-hybridized carbons (Fsp3) is 0.748. The van der Waals surface area contributed by atoms with Gasteiger partial charge in [0.1, 0.15) is 48.4 Å². The van der Waals surface area contributed by atoms with Gasteiger partial charge in [0.05, 0.1) is 70.9 Å². The standard InChI is InChI=1S/C119H194N2O18Si/c1-11-15-19-23-26-29-31-32-34-40-45-50-67-81-108(125)133-103(85-95(7)70-56-47-42-36-28-25-21-17-13-3)87-107(124)120-111-116(136-109(126)83-82-96(8)122)114-105(93-131-117(138-114)100-77-63-54-64-78-100)134-118(111)132-92-104-113(130-91-99-75-61-53-62-76-99)115(137-110(127)88-102(129-90-98-73-59-52-60-74-98)80-66-49-44-38-33-30-27-24-20-16-12-2)112(119(135-104)139-140(9,10)84-68-22-18-14-4)121-106(123)86-101(128-89-97-71-57-51-58-72-97)79-65-48-43-39-35-37-41-46-55-69-94(5)6/h51-54,57-64,71-78,94-95,101-105,111-119H,11-50,55-56,65-70,79-93H2,1-10H3,(H,120,124)(H,121,123)/t95?,101-,102-,103-,104-,105-,111-,112-,113-,114-,115-,116-,117?,118-,119+/m1/s1. The van der Waals surface area contributed by atoms with Crippen molar-refractivity contribution in [2.75, 3.05) is 13.2 Å². The Balaban J connectivity index is 1.30. The molecule has 0 aliphatic carbocycles. The van der Waals surface area contributed by atoms with Crippen LogP contribution in [0.15, 0.2) is 121 Å². The van der Waals surface area contributed by atoms with Crippen molar-refractivity contribution in [3.8, 4) is 0 Å². The van der Waals surface area contributed by atoms with E-state index in [2.05, 4.69) is 72.2 Å². The number of nitrogens with one attached hydrogen (secondary N) is 2. The van der Waals surface area contributed by atoms with Gasteiger partial charge in [-0.15, -0.1) is 0 Å². The zero-order valence-corrected chi connectivity index (χ0v) is 90.2. The lowest BCUT2D eigenvalue weighted by Crippen LogP contribution is -2.69. The topological polar surface area (TPSA) is 237 Å². The van der Waals surface area contributed by atoms with Gasteiger partial charge in [0.2, 0.25) is 11.8 Å². The summed E-state index contributed by atoms with van der Waals surface area (Å²) in [7, 11) is -2.85. The van der Waals surface area contributed by atoms with Gasteiger partial charge in [0, 0.05) is 18.4 Å². The maximum atomic E-state index is 16.0. The molecule has 2 N–H and O–H groups in total. The molecule has 0 radical (unpaired) electrons. The van der Waals surface area contributed by atoms with E-state index in [-0.39, 0.29) is 88.5 Å². The van der Waals surface area contributed by atoms with E-state index in [0.717, 1.165) is 151 Å². The minimum atomic E-state index is -2.85. The number of carbonyl (C=O) groups is 6. The third-order valence-corrected chi connectivity index (χ3v) is 30.7. The first-order valence-electron chi connectivity index (χ1n) is 56.8. The van der Waals surface area contributed by atoms with E-state index in [1.165, 1.54) is 187 Å². The molecule has 792 valence electrons. The summed E-state index contributed by atoms with van der Waals surface area (Å²) in [5.74, 6) is -1.88. The fourth-order valence-electron chi connectivity index (χ4n) is 19.8. The number of hydrogen-bond donors (Lipinski definition) is 2. The summed E-state index contributed by atoms with van der Waals surface area (Å²) in [5, 5.41) is 6.74. The smallest absolute Gasteiger partial charge is 0.308 e. The van der Waals surface area contributed by atoms with Gasteiger partial charge in [0.15, 0.2) is 39.4 Å². The van der Waals surface area contributed by atoms with Gasteiger partial charge in [-0.2, -0.15) is 0 Å². The lowest BCUT2D eigenvalue weighted by molar-refractivity contribution is -0.350. The Morgan fingerprint density at radius 1 is 0.386 bits per heavy atom. The minimum absolute atomic E-state index is 0.000486. The van der Waals surface area contributed by atoms with E-state index in [4.69, 9.17) is 56.5 Å². The van der Waals surface area contributed by atoms with Crippen LogP contribution < -0.4 is 10.6 Å². The molecule has 0 spiro atoms. The van der Waals surface area contributed by atoms with Crippen molar-refractivity contribution in [3.05, 3.63) is 144 Å². The predicted molar refractivity (Wildman–Crippen MR) is 566 cm³/mol. The molecular formula is C119H194N2O18Si. The summed E-state index contributed by atoms with van der Waals surface area (Å²) in [6.07, 6.45) is 43.7. The van der Waals surface area contributed by atoms with Crippen LogP contribution in [0.5, 0.6) is 0 Å². The third-order valence-electron chi connectivity index (χ3n) is 28.3. The second-order valence-electron chi connectivity index (χ2n) is 42.3. The van der Waals surface area contributed by atoms with Crippen molar-refractivity contribution in [2.45, 2.75) is 546 Å². The maximum absolute atomic E-state index is 16.0. The van der Waals surface area contributed by atoms with Crippen LogP contribution in [0.25, 0.3) is 0 Å². The second kappa shape index (κ2) is 75.5. The SMILES string of the molecule is CCCCCCCCCCCCCCCC(=O)O[C@@H](CC(=O)N[C@H]1[C@H](OC[C@H]2O[C@@H](O[Si](C)(C)CCCCCC)[C@H](NC(=O)C[C@@H](CCCCCCCCCCCC(C)C)OCc3ccccc3)[C@@H](OC(=O)C[C@@H](CCCCCCCCCCCCC)OCc3ccccc3)[C@@H]2OCc2ccccc2)O[C@@H]2COC(c3ccccc3)O[C@H]2[C@@H]1OC(=O)CCC(C)=O)CC(C)CCCCCCCCCCC. The van der Waals surface area contributed by atoms with Gasteiger partial charge < -0.3 is 72.0 Å². The molecule has 20 nitrogen and oxygen atoms in total. The zero-order chi connectivity index (χ0) is 100. The molecule has 3 saturated heterocycles. The van der Waals surface area contributed by atoms with Crippen LogP contribution in [-0.4, -0.2) is 137 Å². The molecule has 7 rings (SSSR count). The Bertz CT molecular complexity index is 3790. The molecule has 15 atom stereocenters. The number of Topliss-reactive ketones (excluding diaryl/α,β-unsaturated/α-hetero) is 1. The first kappa shape index (κ1) is 121. The number of amides is 2. The Hall–Kier alpha value is -6.24. The molecule has 2 amide bonds. The van der Waals surface area contributed by atoms with Crippen molar-refractivity contribution in [1.29, 1.82) is 0 Å². The van der Waals surface area contributed by atoms with Crippen LogP contribution in [0.1, 0.15) is 450 Å². The lowest BCUT2D eigenvalue weighted by atomic mass is 9.93. The van der Waals surface area contributed by atoms with Gasteiger partial charge >= 0.3 is 17.9 Å². The maximum Gasteiger partial charge on any atom is 0.308 e. The number of fused-ring (bicyclic) bond motifs is 1. The van der Waals surface area contributed by atoms with Gasteiger partial charge in [-0.3, -0.25) is 24.0 Å². The molecule has 4 aromatic rings. The average Bonchev–Trinajstić information content (AvgIpc) is 0.764. The van der Waals surface area contributed by atoms with Gasteiger partial charge in [0.25, 0.3) is 0 Å². The predicted octanol–water partition coefficient (Wildman–Crippen LogP) is 29.4. The van der Waals surface area contributed by atoms with E-state index >= 15 is 14.4 Å². The summed E-state index contributed by atoms with van der Waals surface area (Å²) in [6, 6.07) is 37.5. The van der Waals surface area contributed by atoms with Crippen LogP contribution in [0.3, 0.4) is 0 Å². The van der Waals surface area contributed by atoms with Gasteiger partial charge in [-0.1, -0.05) is 472 Å². The minimum Gasteiger partial charge on any atom is -0.462 e. The first-order chi connectivity index (χ1) is 68.2. The fourth-order valence-corrected chi connectivity index (χ4v) is 21.9. The number of ketones is 1. The summed E-state index contributed by atoms with van der Waals surface area (Å²) in [6.45, 7) is 21.6. The number of ether oxygens (including phenoxy) is 11. The van der Waals surface area contributed by atoms with Crippen molar-refractivity contribution in [1.82, 2.24) is 10.6 Å². The molecule has 0 aromatic heterocycles. The molecule has 3 aliphatic rings. The number of hydrogen-bond acceptors (Lipinski definition) is 18. The number of carbonyl (C=O) groups excluding carboxylic acids is 6. The summed E-state index contributed by atoms with van der Waals surface area (Å²) in [4.78, 5) is 89.5. The van der Waals surface area contributed by atoms with Crippen LogP contribution in [0.4, 0.5) is 0 Å². The Morgan fingerprint density at radius 3 is 1.26 bits per heavy atom. The highest BCUT2D eigenvalue weighted by molar-refractivity contribution is 6.71. The number of benzene rings is 4. The Labute approximate surface area is 849 Å². The van der Waals surface area contributed by atoms with E-state index in [1.807, 2.05) is 121 Å². The second-order valence-corrected chi connectivity index (χ2v) is 46.6. The molecule has 21 heteroatoms. The zero-order valence-electron chi connectivity index (χ0n) is 89.2. The van der Waals surface area contributed by atoms with E-state index in [0.29, 0.717) is 37.9 Å². The molecule has 140 heavy (non-hydrogen) atoms. The summed E-state index contributed by atoms with van der Waals surface area (Å²) in [5.41, 5.74) is 3.47. The molecule has 4 aromatic carbocycles. The van der Waals surface area contributed by atoms with Crippen molar-refractivity contribution in [2.24, 2.45) is 11.8 Å². The average molecular weight is 1970 g/mol. The van der Waals surface area contributed by atoms with E-state index in [1.54, 1.807) is 0 Å². The van der Waals surface area contributed by atoms with Crippen molar-refractivity contribution >= 4 is 43.8 Å². The number of unbranched alkanes of at least 4 members (excludes halogenated alkanes) is 41. The molecule has 3 aliphatic heterocycles. The molecule has 0 saturated carbocycles. The molecular weight excluding hydrogens is 1770 g/mol. The Kier molecular flexibility index (Phi) is 65.1. The first-order valence-corrected chi connectivity index (χ1v) is 59.9. The van der Waals surface area contributed by atoms with Crippen molar-refractivity contribution < 1.29 is 85.3 Å². The van der Waals surface area contributed by atoms with Crippen LogP contribution in [0.2, 0.25) is 19.1 Å². The quantitative estimate of drug-likeness (QED) is 0.0181. The highest BCUT2D eigenvalue weighted by atomic mass is 28.4. The molecule has 3 heterocycles. The molecule has 2 unspecified atom stereocenters. The molecule has 3 fully saturated rings.